The van der Waals surface area contributed by atoms with Crippen LogP contribution in [0.4, 0.5) is 0 Å². The van der Waals surface area contributed by atoms with E-state index in [9.17, 15) is 4.79 Å². The molecule has 0 saturated heterocycles. The molecule has 0 aliphatic carbocycles. The lowest BCUT2D eigenvalue weighted by Gasteiger charge is -2.24. The third-order valence-corrected chi connectivity index (χ3v) is 3.91. The molecule has 18 heavy (non-hydrogen) atoms. The van der Waals surface area contributed by atoms with E-state index in [0.717, 1.165) is 20.9 Å². The number of hydrogen-bond acceptors (Lipinski definition) is 1. The van der Waals surface area contributed by atoms with Crippen LogP contribution in [0.25, 0.3) is 10.9 Å². The van der Waals surface area contributed by atoms with E-state index in [-0.39, 0.29) is 6.42 Å². The topological polar surface area (TPSA) is 42.2 Å². The molecule has 3 nitrogen and oxygen atoms in total. The van der Waals surface area contributed by atoms with Crippen LogP contribution in [0.2, 0.25) is 0 Å². The van der Waals surface area contributed by atoms with E-state index >= 15 is 0 Å². The molecule has 1 N–H and O–H groups in total. The molecule has 4 heteroatoms. The van der Waals surface area contributed by atoms with E-state index in [1.807, 2.05) is 49.9 Å². The van der Waals surface area contributed by atoms with Crippen LogP contribution in [0, 0.1) is 0 Å². The number of para-hydroxylation sites is 1. The molecule has 0 spiro atoms. The fourth-order valence-corrected chi connectivity index (χ4v) is 3.07. The van der Waals surface area contributed by atoms with Crippen molar-refractivity contribution in [2.45, 2.75) is 25.7 Å². The summed E-state index contributed by atoms with van der Waals surface area (Å²) >= 11 is 3.53. The Morgan fingerprint density at radius 3 is 2.72 bits per heavy atom. The SMILES string of the molecule is Cn1cc(Br)c2cccc(C(C)(C)CC(=O)O)c21. The van der Waals surface area contributed by atoms with E-state index in [1.54, 1.807) is 0 Å². The second kappa shape index (κ2) is 4.43. The lowest BCUT2D eigenvalue weighted by atomic mass is 9.80. The summed E-state index contributed by atoms with van der Waals surface area (Å²) in [5.74, 6) is -0.773. The molecular formula is C14H16BrNO2. The van der Waals surface area contributed by atoms with Gasteiger partial charge in [0.15, 0.2) is 0 Å². The van der Waals surface area contributed by atoms with Crippen LogP contribution in [0.3, 0.4) is 0 Å². The summed E-state index contributed by atoms with van der Waals surface area (Å²) in [6, 6.07) is 6.03. The predicted molar refractivity (Wildman–Crippen MR) is 75.9 cm³/mol. The third kappa shape index (κ3) is 2.17. The van der Waals surface area contributed by atoms with Crippen LogP contribution in [-0.2, 0) is 17.3 Å². The van der Waals surface area contributed by atoms with Crippen molar-refractivity contribution in [3.05, 3.63) is 34.4 Å². The molecule has 1 heterocycles. The van der Waals surface area contributed by atoms with Gasteiger partial charge in [0.05, 0.1) is 11.9 Å². The van der Waals surface area contributed by atoms with Gasteiger partial charge in [0.2, 0.25) is 0 Å². The van der Waals surface area contributed by atoms with Crippen molar-refractivity contribution < 1.29 is 9.90 Å². The van der Waals surface area contributed by atoms with E-state index in [0.29, 0.717) is 0 Å². The molecule has 0 radical (unpaired) electrons. The van der Waals surface area contributed by atoms with Gasteiger partial charge in [0.25, 0.3) is 0 Å². The van der Waals surface area contributed by atoms with Gasteiger partial charge in [-0.3, -0.25) is 4.79 Å². The normalized spacial score (nSPS) is 12.0. The predicted octanol–water partition coefficient (Wildman–Crippen LogP) is 3.69. The molecule has 1 aromatic heterocycles. The van der Waals surface area contributed by atoms with Gasteiger partial charge in [0.1, 0.15) is 0 Å². The minimum atomic E-state index is -0.773. The first-order valence-electron chi connectivity index (χ1n) is 5.79. The lowest BCUT2D eigenvalue weighted by Crippen LogP contribution is -2.22. The molecule has 0 unspecified atom stereocenters. The molecule has 96 valence electrons. The van der Waals surface area contributed by atoms with Gasteiger partial charge in [-0.05, 0) is 21.5 Å². The molecule has 0 fully saturated rings. The Kier molecular flexibility index (Phi) is 3.23. The van der Waals surface area contributed by atoms with Gasteiger partial charge in [-0.1, -0.05) is 32.0 Å². The molecule has 0 aliphatic heterocycles. The van der Waals surface area contributed by atoms with Gasteiger partial charge < -0.3 is 9.67 Å². The van der Waals surface area contributed by atoms with Crippen LogP contribution in [0.1, 0.15) is 25.8 Å². The summed E-state index contributed by atoms with van der Waals surface area (Å²) in [6.45, 7) is 3.94. The van der Waals surface area contributed by atoms with Crippen molar-refractivity contribution in [1.29, 1.82) is 0 Å². The fraction of sp³-hybridized carbons (Fsp3) is 0.357. The lowest BCUT2D eigenvalue weighted by molar-refractivity contribution is -0.138. The smallest absolute Gasteiger partial charge is 0.304 e. The first-order valence-corrected chi connectivity index (χ1v) is 6.58. The van der Waals surface area contributed by atoms with Crippen LogP contribution < -0.4 is 0 Å². The Bertz CT molecular complexity index is 614. The largest absolute Gasteiger partial charge is 0.481 e. The van der Waals surface area contributed by atoms with Gasteiger partial charge >= 0.3 is 5.97 Å². The van der Waals surface area contributed by atoms with Crippen LogP contribution in [0.5, 0.6) is 0 Å². The molecule has 0 atom stereocenters. The number of nitrogens with zero attached hydrogens (tertiary/aromatic N) is 1. The second-order valence-corrected chi connectivity index (χ2v) is 6.10. The zero-order valence-electron chi connectivity index (χ0n) is 10.7. The summed E-state index contributed by atoms with van der Waals surface area (Å²) in [5, 5.41) is 10.2. The molecule has 0 aliphatic rings. The van der Waals surface area contributed by atoms with Crippen LogP contribution in [0.15, 0.2) is 28.9 Å². The summed E-state index contributed by atoms with van der Waals surface area (Å²) < 4.78 is 3.08. The second-order valence-electron chi connectivity index (χ2n) is 5.24. The first kappa shape index (κ1) is 13.1. The Morgan fingerprint density at radius 2 is 2.11 bits per heavy atom. The maximum atomic E-state index is 11.0. The molecule has 0 bridgehead atoms. The number of carboxylic acids is 1. The number of benzene rings is 1. The van der Waals surface area contributed by atoms with E-state index in [1.165, 1.54) is 0 Å². The molecule has 2 aromatic rings. The monoisotopic (exact) mass is 309 g/mol. The minimum Gasteiger partial charge on any atom is -0.481 e. The number of hydrogen-bond donors (Lipinski definition) is 1. The van der Waals surface area contributed by atoms with Gasteiger partial charge in [0, 0.05) is 28.5 Å². The number of halogens is 1. The number of carboxylic acid groups (broad SMARTS) is 1. The standard InChI is InChI=1S/C14H16BrNO2/c1-14(2,7-12(17)18)10-6-4-5-9-11(15)8-16(3)13(9)10/h4-6,8H,7H2,1-3H3,(H,17,18). The Morgan fingerprint density at radius 1 is 1.44 bits per heavy atom. The van der Waals surface area contributed by atoms with Crippen molar-refractivity contribution >= 4 is 32.8 Å². The highest BCUT2D eigenvalue weighted by molar-refractivity contribution is 9.10. The van der Waals surface area contributed by atoms with Crippen LogP contribution >= 0.6 is 15.9 Å². The Balaban J connectivity index is 2.68. The minimum absolute atomic E-state index is 0.120. The van der Waals surface area contributed by atoms with Crippen molar-refractivity contribution in [3.8, 4) is 0 Å². The van der Waals surface area contributed by atoms with Gasteiger partial charge in [-0.25, -0.2) is 0 Å². The van der Waals surface area contributed by atoms with Crippen molar-refractivity contribution in [3.63, 3.8) is 0 Å². The first-order chi connectivity index (χ1) is 8.33. The van der Waals surface area contributed by atoms with E-state index < -0.39 is 11.4 Å². The number of fused-ring (bicyclic) bond motifs is 1. The number of aryl methyl sites for hydroxylation is 1. The van der Waals surface area contributed by atoms with E-state index in [4.69, 9.17) is 5.11 Å². The highest BCUT2D eigenvalue weighted by Gasteiger charge is 2.27. The number of aromatic nitrogens is 1. The van der Waals surface area contributed by atoms with Gasteiger partial charge in [-0.2, -0.15) is 0 Å². The third-order valence-electron chi connectivity index (χ3n) is 3.28. The maximum absolute atomic E-state index is 11.0. The summed E-state index contributed by atoms with van der Waals surface area (Å²) in [4.78, 5) is 11.0. The summed E-state index contributed by atoms with van der Waals surface area (Å²) in [5.41, 5.74) is 1.77. The molecule has 0 saturated carbocycles. The molecule has 0 amide bonds. The number of rotatable bonds is 3. The Hall–Kier alpha value is -1.29. The zero-order chi connectivity index (χ0) is 13.5. The highest BCUT2D eigenvalue weighted by atomic mass is 79.9. The maximum Gasteiger partial charge on any atom is 0.304 e. The van der Waals surface area contributed by atoms with Crippen molar-refractivity contribution in [2.24, 2.45) is 7.05 Å². The number of carbonyl (C=O) groups is 1. The molecular weight excluding hydrogens is 294 g/mol. The highest BCUT2D eigenvalue weighted by Crippen LogP contribution is 2.36. The summed E-state index contributed by atoms with van der Waals surface area (Å²) in [7, 11) is 1.98. The van der Waals surface area contributed by atoms with Gasteiger partial charge in [-0.15, -0.1) is 0 Å². The van der Waals surface area contributed by atoms with Crippen molar-refractivity contribution in [2.75, 3.05) is 0 Å². The molecule has 2 rings (SSSR count). The molecule has 1 aromatic carbocycles. The van der Waals surface area contributed by atoms with E-state index in [2.05, 4.69) is 15.9 Å². The summed E-state index contributed by atoms with van der Waals surface area (Å²) in [6.07, 6.45) is 2.12. The van der Waals surface area contributed by atoms with Crippen LogP contribution in [-0.4, -0.2) is 15.6 Å². The average molecular weight is 310 g/mol. The quantitative estimate of drug-likeness (QED) is 0.939. The van der Waals surface area contributed by atoms with Crippen molar-refractivity contribution in [1.82, 2.24) is 4.57 Å². The zero-order valence-corrected chi connectivity index (χ0v) is 12.3. The number of aliphatic carboxylic acids is 1. The average Bonchev–Trinajstić information content (AvgIpc) is 2.53. The fourth-order valence-electron chi connectivity index (χ4n) is 2.44. The Labute approximate surface area is 115 Å².